The summed E-state index contributed by atoms with van der Waals surface area (Å²) in [5.41, 5.74) is 31.8. The van der Waals surface area contributed by atoms with Crippen molar-refractivity contribution in [2.45, 2.75) is 0 Å². The number of anilines is 15. The molecule has 0 saturated carbocycles. The van der Waals surface area contributed by atoms with Gasteiger partial charge < -0.3 is 29.2 Å². The molecule has 3 aromatic heterocycles. The van der Waals surface area contributed by atoms with Crippen LogP contribution in [-0.2, 0) is 0 Å². The van der Waals surface area contributed by atoms with Gasteiger partial charge in [0.2, 0.25) is 0 Å². The van der Waals surface area contributed by atoms with Crippen molar-refractivity contribution in [1.82, 2.24) is 0 Å². The Hall–Kier alpha value is -15.2. The largest absolute Gasteiger partial charge is 0.458 e. The molecule has 7 heterocycles. The standard InChI is InChI=1S/C114H71B2N5OS3/c1-7-34-72(35-8-1)80-49-29-50-81(73-36-9-2-10-37-73)113(80)118(77-44-17-6-18-45-77)79-68-99-112-101(69-79)122-100-71-96-89(70-90(100)116(112)87-53-22-24-55-91(87)119(99)94-58-32-64-106-109(94)85-47-20-27-61-103(85)124-106)115-88-54-23-25-56-92(88)121(114-82(74-38-11-3-12-39-74)51-30-52-83(114)75-40-13-4-14-41-75)98-67-78(66-97(111(98)115)120(96)95-59-33-65-107-110(95)86-48-21-28-62-104(86)125-107)117(76-42-15-5-16-43-76)93-57-31-63-105-108(93)84-46-19-26-60-102(84)123-105/h1-71H. The number of benzene rings is 19. The van der Waals surface area contributed by atoms with Crippen LogP contribution >= 0.6 is 34.0 Å². The van der Waals surface area contributed by atoms with E-state index >= 15 is 0 Å². The van der Waals surface area contributed by atoms with E-state index in [-0.39, 0.29) is 13.4 Å². The number of ether oxygens (including phenoxy) is 1. The summed E-state index contributed by atoms with van der Waals surface area (Å²) in [5.74, 6) is 1.58. The number of hydrogen-bond donors (Lipinski definition) is 0. The van der Waals surface area contributed by atoms with E-state index in [0.29, 0.717) is 0 Å². The second kappa shape index (κ2) is 28.7. The highest BCUT2D eigenvalue weighted by Gasteiger charge is 2.50. The first-order chi connectivity index (χ1) is 62.1. The van der Waals surface area contributed by atoms with Gasteiger partial charge in [-0.25, -0.2) is 0 Å². The molecule has 4 aliphatic heterocycles. The smallest absolute Gasteiger partial charge is 0.256 e. The average Bonchev–Trinajstić information content (AvgIpc) is 1.51. The molecule has 0 aliphatic carbocycles. The van der Waals surface area contributed by atoms with E-state index in [1.54, 1.807) is 0 Å². The van der Waals surface area contributed by atoms with Crippen molar-refractivity contribution in [2.24, 2.45) is 0 Å². The summed E-state index contributed by atoms with van der Waals surface area (Å²) in [6.45, 7) is -0.658. The quantitative estimate of drug-likeness (QED) is 0.107. The molecule has 125 heavy (non-hydrogen) atoms. The molecule has 11 heteroatoms. The van der Waals surface area contributed by atoms with Crippen LogP contribution in [0.3, 0.4) is 0 Å². The van der Waals surface area contributed by atoms with Gasteiger partial charge in [0.25, 0.3) is 13.4 Å². The predicted molar refractivity (Wildman–Crippen MR) is 536 cm³/mol. The molecule has 0 bridgehead atoms. The fourth-order valence-corrected chi connectivity index (χ4v) is 24.3. The van der Waals surface area contributed by atoms with Crippen LogP contribution in [0.1, 0.15) is 0 Å². The highest BCUT2D eigenvalue weighted by atomic mass is 32.1. The number of thiophene rings is 3. The molecule has 0 spiro atoms. The van der Waals surface area contributed by atoms with Crippen LogP contribution < -0.4 is 62.0 Å². The van der Waals surface area contributed by atoms with E-state index in [9.17, 15) is 0 Å². The Bertz CT molecular complexity index is 8030. The van der Waals surface area contributed by atoms with Gasteiger partial charge in [0, 0.05) is 140 Å². The maximum absolute atomic E-state index is 8.36. The van der Waals surface area contributed by atoms with E-state index in [4.69, 9.17) is 4.74 Å². The molecule has 26 rings (SSSR count). The number of fused-ring (bicyclic) bond motifs is 17. The zero-order chi connectivity index (χ0) is 81.9. The summed E-state index contributed by atoms with van der Waals surface area (Å²) in [6.07, 6.45) is 0. The van der Waals surface area contributed by atoms with Gasteiger partial charge in [-0.3, -0.25) is 0 Å². The van der Waals surface area contributed by atoms with Crippen molar-refractivity contribution in [3.63, 3.8) is 0 Å². The second-order valence-corrected chi connectivity index (χ2v) is 36.0. The van der Waals surface area contributed by atoms with Crippen molar-refractivity contribution in [3.8, 4) is 56.0 Å². The Balaban J connectivity index is 0.793. The number of nitrogens with zero attached hydrogens (tertiary/aromatic N) is 5. The summed E-state index contributed by atoms with van der Waals surface area (Å²) in [7, 11) is 0. The van der Waals surface area contributed by atoms with E-state index < -0.39 is 0 Å². The van der Waals surface area contributed by atoms with Crippen LogP contribution in [0.15, 0.2) is 431 Å². The Labute approximate surface area is 736 Å². The lowest BCUT2D eigenvalue weighted by atomic mass is 9.30. The Morgan fingerprint density at radius 3 is 1.12 bits per heavy atom. The number of hydrogen-bond acceptors (Lipinski definition) is 9. The molecular formula is C114H71B2N5OS3. The molecule has 0 unspecified atom stereocenters. The number of rotatable bonds is 13. The molecule has 0 N–H and O–H groups in total. The van der Waals surface area contributed by atoms with Gasteiger partial charge in [0.1, 0.15) is 11.5 Å². The fourth-order valence-electron chi connectivity index (χ4n) is 20.9. The first kappa shape index (κ1) is 71.5. The lowest BCUT2D eigenvalue weighted by Crippen LogP contribution is -2.64. The van der Waals surface area contributed by atoms with Gasteiger partial charge in [-0.15, -0.1) is 34.0 Å². The lowest BCUT2D eigenvalue weighted by Gasteiger charge is -2.46. The van der Waals surface area contributed by atoms with E-state index in [0.717, 1.165) is 152 Å². The highest BCUT2D eigenvalue weighted by Crippen LogP contribution is 2.58. The molecule has 0 fully saturated rings. The average molecular weight is 1640 g/mol. The van der Waals surface area contributed by atoms with Gasteiger partial charge in [-0.2, -0.15) is 0 Å². The minimum Gasteiger partial charge on any atom is -0.458 e. The van der Waals surface area contributed by atoms with Gasteiger partial charge in [0.05, 0.1) is 39.8 Å². The van der Waals surface area contributed by atoms with Crippen molar-refractivity contribution in [1.29, 1.82) is 0 Å². The summed E-state index contributed by atoms with van der Waals surface area (Å²) in [4.78, 5) is 13.0. The van der Waals surface area contributed by atoms with E-state index in [1.807, 2.05) is 34.0 Å². The summed E-state index contributed by atoms with van der Waals surface area (Å²) < 4.78 is 15.7. The topological polar surface area (TPSA) is 25.4 Å². The molecule has 0 saturated heterocycles. The highest BCUT2D eigenvalue weighted by molar-refractivity contribution is 7.26. The molecule has 22 aromatic rings. The minimum atomic E-state index is -0.332. The molecule has 6 nitrogen and oxygen atoms in total. The Morgan fingerprint density at radius 1 is 0.224 bits per heavy atom. The van der Waals surface area contributed by atoms with Gasteiger partial charge >= 0.3 is 0 Å². The monoisotopic (exact) mass is 1640 g/mol. The Morgan fingerprint density at radius 2 is 0.592 bits per heavy atom. The molecular weight excluding hydrogens is 1570 g/mol. The first-order valence-corrected chi connectivity index (χ1v) is 45.2. The normalized spacial score (nSPS) is 12.8. The van der Waals surface area contributed by atoms with Gasteiger partial charge in [0.15, 0.2) is 0 Å². The third-order valence-corrected chi connectivity index (χ3v) is 29.4. The van der Waals surface area contributed by atoms with Crippen LogP contribution in [0.2, 0.25) is 0 Å². The minimum absolute atomic E-state index is 0.326. The van der Waals surface area contributed by atoms with Crippen molar-refractivity contribution < 1.29 is 4.74 Å². The molecule has 0 radical (unpaired) electrons. The van der Waals surface area contributed by atoms with Crippen LogP contribution in [0.5, 0.6) is 11.5 Å². The summed E-state index contributed by atoms with van der Waals surface area (Å²) >= 11 is 5.57. The molecule has 4 aliphatic rings. The van der Waals surface area contributed by atoms with Crippen LogP contribution in [-0.4, -0.2) is 13.4 Å². The third-order valence-electron chi connectivity index (χ3n) is 26.0. The zero-order valence-corrected chi connectivity index (χ0v) is 70.0. The predicted octanol–water partition coefficient (Wildman–Crippen LogP) is 28.9. The van der Waals surface area contributed by atoms with Crippen LogP contribution in [0, 0.1) is 0 Å². The van der Waals surface area contributed by atoms with Crippen molar-refractivity contribution in [3.05, 3.63) is 431 Å². The van der Waals surface area contributed by atoms with E-state index in [2.05, 4.69) is 455 Å². The SMILES string of the molecule is c1ccc(-c2cccc(-c3ccccc3)c2N(c2ccccc2)c2cc3c4c(c2)N(c2cccc5sc6ccccc6c25)c2ccccc2B4c2cc4c(cc2O3)N(c2cccc3sc5ccccc5c23)c2cc(N(c3ccccc3)c3cccc5sc6ccccc6c35)cc3c2B4c2ccccc2N3c2c(-c3ccccc3)cccc2-c2ccccc2)cc1. The molecule has 19 aromatic carbocycles. The van der Waals surface area contributed by atoms with Crippen LogP contribution in [0.25, 0.3) is 105 Å². The first-order valence-electron chi connectivity index (χ1n) is 42.8. The Kier molecular flexibility index (Phi) is 16.4. The zero-order valence-electron chi connectivity index (χ0n) is 67.5. The molecule has 0 amide bonds. The molecule has 0 atom stereocenters. The fraction of sp³-hybridized carbons (Fsp3) is 0. The van der Waals surface area contributed by atoms with Crippen molar-refractivity contribution >= 4 is 226 Å². The number of para-hydroxylation sites is 6. The maximum atomic E-state index is 8.36. The molecule has 582 valence electrons. The summed E-state index contributed by atoms with van der Waals surface area (Å²) in [6, 6.07) is 161. The van der Waals surface area contributed by atoms with Gasteiger partial charge in [-0.1, -0.05) is 309 Å². The van der Waals surface area contributed by atoms with Gasteiger partial charge in [-0.05, 0) is 164 Å². The van der Waals surface area contributed by atoms with Crippen molar-refractivity contribution in [2.75, 3.05) is 24.5 Å². The maximum Gasteiger partial charge on any atom is 0.256 e. The lowest BCUT2D eigenvalue weighted by molar-refractivity contribution is 0.488. The second-order valence-electron chi connectivity index (χ2n) is 32.8. The third kappa shape index (κ3) is 11.1. The van der Waals surface area contributed by atoms with E-state index in [1.165, 1.54) is 82.4 Å². The summed E-state index contributed by atoms with van der Waals surface area (Å²) in [5, 5.41) is 7.29. The van der Waals surface area contributed by atoms with Crippen LogP contribution in [0.4, 0.5) is 85.3 Å².